The normalized spacial score (nSPS) is 15.8. The van der Waals surface area contributed by atoms with Gasteiger partial charge in [0.2, 0.25) is 0 Å². The summed E-state index contributed by atoms with van der Waals surface area (Å²) in [6.45, 7) is 3.90. The van der Waals surface area contributed by atoms with Crippen LogP contribution in [0.2, 0.25) is 0 Å². The first-order valence-corrected chi connectivity index (χ1v) is 7.13. The molecule has 0 saturated heterocycles. The fourth-order valence-electron chi connectivity index (χ4n) is 2.56. The molecule has 1 aromatic rings. The van der Waals surface area contributed by atoms with Crippen LogP contribution in [-0.2, 0) is 0 Å². The third-order valence-electron chi connectivity index (χ3n) is 4.16. The Bertz CT molecular complexity index is 557. The standard InChI is InChI=1S/C17H21NO2/c1-3-17(9-5-10-17)18-16(20)15-8-7-14(6-4-11-19)13(2)12-15/h7-8,12,19H,3,5,9-11H2,1-2H3,(H,18,20). The van der Waals surface area contributed by atoms with Crippen molar-refractivity contribution in [2.45, 2.75) is 45.1 Å². The molecular formula is C17H21NO2. The van der Waals surface area contributed by atoms with E-state index in [0.717, 1.165) is 30.4 Å². The molecule has 3 heteroatoms. The van der Waals surface area contributed by atoms with E-state index in [-0.39, 0.29) is 18.1 Å². The highest BCUT2D eigenvalue weighted by atomic mass is 16.2. The minimum absolute atomic E-state index is 0.00341. The maximum absolute atomic E-state index is 12.3. The Morgan fingerprint density at radius 1 is 1.45 bits per heavy atom. The number of rotatable bonds is 3. The Balaban J connectivity index is 2.13. The van der Waals surface area contributed by atoms with Gasteiger partial charge in [0.05, 0.1) is 0 Å². The topological polar surface area (TPSA) is 49.3 Å². The molecule has 3 nitrogen and oxygen atoms in total. The molecular weight excluding hydrogens is 250 g/mol. The predicted molar refractivity (Wildman–Crippen MR) is 79.5 cm³/mol. The van der Waals surface area contributed by atoms with Crippen LogP contribution in [0.3, 0.4) is 0 Å². The number of hydrogen-bond acceptors (Lipinski definition) is 2. The van der Waals surface area contributed by atoms with Crippen molar-refractivity contribution in [2.24, 2.45) is 0 Å². The fourth-order valence-corrected chi connectivity index (χ4v) is 2.56. The summed E-state index contributed by atoms with van der Waals surface area (Å²) in [4.78, 5) is 12.3. The van der Waals surface area contributed by atoms with Crippen molar-refractivity contribution in [1.82, 2.24) is 5.32 Å². The molecule has 1 aliphatic carbocycles. The van der Waals surface area contributed by atoms with Crippen LogP contribution in [0.25, 0.3) is 0 Å². The van der Waals surface area contributed by atoms with Crippen LogP contribution in [0.5, 0.6) is 0 Å². The van der Waals surface area contributed by atoms with Crippen molar-refractivity contribution in [3.8, 4) is 11.8 Å². The first-order valence-electron chi connectivity index (χ1n) is 7.13. The van der Waals surface area contributed by atoms with E-state index in [1.807, 2.05) is 19.1 Å². The number of carbonyl (C=O) groups excluding carboxylic acids is 1. The van der Waals surface area contributed by atoms with Crippen LogP contribution < -0.4 is 5.32 Å². The fraction of sp³-hybridized carbons (Fsp3) is 0.471. The lowest BCUT2D eigenvalue weighted by atomic mass is 9.74. The lowest BCUT2D eigenvalue weighted by molar-refractivity contribution is 0.0820. The molecule has 0 atom stereocenters. The second kappa shape index (κ2) is 6.11. The van der Waals surface area contributed by atoms with Crippen LogP contribution in [0.1, 0.15) is 54.1 Å². The smallest absolute Gasteiger partial charge is 0.251 e. The second-order valence-corrected chi connectivity index (χ2v) is 5.43. The van der Waals surface area contributed by atoms with Crippen LogP contribution in [0.4, 0.5) is 0 Å². The first-order chi connectivity index (χ1) is 9.60. The van der Waals surface area contributed by atoms with Crippen molar-refractivity contribution in [3.63, 3.8) is 0 Å². The number of benzene rings is 1. The molecule has 106 valence electrons. The van der Waals surface area contributed by atoms with E-state index >= 15 is 0 Å². The molecule has 2 N–H and O–H groups in total. The van der Waals surface area contributed by atoms with Crippen molar-refractivity contribution in [3.05, 3.63) is 34.9 Å². The molecule has 1 aromatic carbocycles. The predicted octanol–water partition coefficient (Wildman–Crippen LogP) is 2.40. The Morgan fingerprint density at radius 3 is 2.70 bits per heavy atom. The number of aliphatic hydroxyl groups is 1. The first kappa shape index (κ1) is 14.6. The molecule has 1 fully saturated rings. The van der Waals surface area contributed by atoms with Gasteiger partial charge in [0.25, 0.3) is 5.91 Å². The summed E-state index contributed by atoms with van der Waals surface area (Å²) >= 11 is 0. The molecule has 1 aliphatic rings. The third kappa shape index (κ3) is 3.02. The number of amides is 1. The van der Waals surface area contributed by atoms with Gasteiger partial charge in [-0.15, -0.1) is 0 Å². The Morgan fingerprint density at radius 2 is 2.20 bits per heavy atom. The highest BCUT2D eigenvalue weighted by Crippen LogP contribution is 2.34. The van der Waals surface area contributed by atoms with Gasteiger partial charge in [0.1, 0.15) is 6.61 Å². The lowest BCUT2D eigenvalue weighted by Gasteiger charge is -2.42. The Kier molecular flexibility index (Phi) is 4.46. The van der Waals surface area contributed by atoms with E-state index in [4.69, 9.17) is 5.11 Å². The molecule has 0 aliphatic heterocycles. The van der Waals surface area contributed by atoms with Gasteiger partial charge in [0.15, 0.2) is 0 Å². The molecule has 0 radical (unpaired) electrons. The van der Waals surface area contributed by atoms with Gasteiger partial charge in [-0.3, -0.25) is 4.79 Å². The highest BCUT2D eigenvalue weighted by Gasteiger charge is 2.36. The number of aryl methyl sites for hydroxylation is 1. The zero-order chi connectivity index (χ0) is 14.6. The van der Waals surface area contributed by atoms with Gasteiger partial charge in [-0.1, -0.05) is 18.8 Å². The molecule has 0 heterocycles. The van der Waals surface area contributed by atoms with Gasteiger partial charge in [0, 0.05) is 16.7 Å². The average Bonchev–Trinajstić information content (AvgIpc) is 2.41. The molecule has 0 bridgehead atoms. The summed E-state index contributed by atoms with van der Waals surface area (Å²) in [5, 5.41) is 11.9. The van der Waals surface area contributed by atoms with Gasteiger partial charge in [-0.25, -0.2) is 0 Å². The molecule has 1 saturated carbocycles. The summed E-state index contributed by atoms with van der Waals surface area (Å²) in [6.07, 6.45) is 4.34. The minimum Gasteiger partial charge on any atom is -0.384 e. The highest BCUT2D eigenvalue weighted by molar-refractivity contribution is 5.95. The van der Waals surface area contributed by atoms with E-state index in [1.54, 1.807) is 6.07 Å². The minimum atomic E-state index is -0.152. The number of aliphatic hydroxyl groups excluding tert-OH is 1. The van der Waals surface area contributed by atoms with Crippen molar-refractivity contribution < 1.29 is 9.90 Å². The van der Waals surface area contributed by atoms with Crippen molar-refractivity contribution in [1.29, 1.82) is 0 Å². The van der Waals surface area contributed by atoms with Crippen LogP contribution in [0.15, 0.2) is 18.2 Å². The Labute approximate surface area is 120 Å². The van der Waals surface area contributed by atoms with Crippen LogP contribution >= 0.6 is 0 Å². The van der Waals surface area contributed by atoms with Gasteiger partial charge in [-0.2, -0.15) is 0 Å². The molecule has 0 unspecified atom stereocenters. The second-order valence-electron chi connectivity index (χ2n) is 5.43. The number of carbonyl (C=O) groups is 1. The molecule has 0 spiro atoms. The summed E-state index contributed by atoms with van der Waals surface area (Å²) in [5.41, 5.74) is 2.50. The zero-order valence-corrected chi connectivity index (χ0v) is 12.1. The molecule has 2 rings (SSSR count). The summed E-state index contributed by atoms with van der Waals surface area (Å²) in [6, 6.07) is 5.50. The molecule has 20 heavy (non-hydrogen) atoms. The van der Waals surface area contributed by atoms with E-state index < -0.39 is 0 Å². The third-order valence-corrected chi connectivity index (χ3v) is 4.16. The van der Waals surface area contributed by atoms with E-state index in [0.29, 0.717) is 5.56 Å². The average molecular weight is 271 g/mol. The maximum Gasteiger partial charge on any atom is 0.251 e. The summed E-state index contributed by atoms with van der Waals surface area (Å²) < 4.78 is 0. The quantitative estimate of drug-likeness (QED) is 0.829. The van der Waals surface area contributed by atoms with Crippen molar-refractivity contribution >= 4 is 5.91 Å². The monoisotopic (exact) mass is 271 g/mol. The van der Waals surface area contributed by atoms with Crippen LogP contribution in [0, 0.1) is 18.8 Å². The maximum atomic E-state index is 12.3. The lowest BCUT2D eigenvalue weighted by Crippen LogP contribution is -2.52. The number of hydrogen-bond donors (Lipinski definition) is 2. The SMILES string of the molecule is CCC1(NC(=O)c2ccc(C#CCO)c(C)c2)CCC1. The number of nitrogens with one attached hydrogen (secondary N) is 1. The zero-order valence-electron chi connectivity index (χ0n) is 12.1. The molecule has 1 amide bonds. The Hall–Kier alpha value is -1.79. The van der Waals surface area contributed by atoms with Crippen LogP contribution in [-0.4, -0.2) is 23.2 Å². The van der Waals surface area contributed by atoms with E-state index in [1.165, 1.54) is 6.42 Å². The largest absolute Gasteiger partial charge is 0.384 e. The summed E-state index contributed by atoms with van der Waals surface area (Å²) in [5.74, 6) is 5.50. The summed E-state index contributed by atoms with van der Waals surface area (Å²) in [7, 11) is 0. The van der Waals surface area contributed by atoms with Crippen molar-refractivity contribution in [2.75, 3.05) is 6.61 Å². The van der Waals surface area contributed by atoms with E-state index in [2.05, 4.69) is 24.1 Å². The van der Waals surface area contributed by atoms with Gasteiger partial charge >= 0.3 is 0 Å². The van der Waals surface area contributed by atoms with E-state index in [9.17, 15) is 4.79 Å². The molecule has 0 aromatic heterocycles. The van der Waals surface area contributed by atoms with Gasteiger partial charge < -0.3 is 10.4 Å². The van der Waals surface area contributed by atoms with Gasteiger partial charge in [-0.05, 0) is 56.4 Å².